The Morgan fingerprint density at radius 3 is 2.68 bits per heavy atom. The van der Waals surface area contributed by atoms with Crippen molar-refractivity contribution in [1.29, 1.82) is 0 Å². The Morgan fingerprint density at radius 2 is 1.95 bits per heavy atom. The molecule has 1 aromatic heterocycles. The maximum absolute atomic E-state index is 9.98. The quantitative estimate of drug-likeness (QED) is 0.521. The van der Waals surface area contributed by atoms with E-state index in [0.717, 1.165) is 15.4 Å². The average molecular weight is 374 g/mol. The molecule has 0 bridgehead atoms. The van der Waals surface area contributed by atoms with Crippen LogP contribution in [0.5, 0.6) is 5.75 Å². The SMILES string of the molecule is OCC1O[C@H](Oc2c[nH]c3cc(Br)ccc23)C(O)C(O)[C@@H]1O. The van der Waals surface area contributed by atoms with E-state index < -0.39 is 37.3 Å². The molecule has 120 valence electrons. The minimum absolute atomic E-state index is 0.437. The number of benzene rings is 1. The molecule has 3 unspecified atom stereocenters. The predicted octanol–water partition coefficient (Wildman–Crippen LogP) is 0.109. The van der Waals surface area contributed by atoms with Gasteiger partial charge in [-0.25, -0.2) is 0 Å². The van der Waals surface area contributed by atoms with E-state index in [4.69, 9.17) is 14.6 Å². The Kier molecular flexibility index (Phi) is 4.40. The zero-order valence-electron chi connectivity index (χ0n) is 11.4. The van der Waals surface area contributed by atoms with Gasteiger partial charge in [-0.2, -0.15) is 0 Å². The summed E-state index contributed by atoms with van der Waals surface area (Å²) >= 11 is 3.37. The lowest BCUT2D eigenvalue weighted by atomic mass is 9.99. The molecule has 3 rings (SSSR count). The summed E-state index contributed by atoms with van der Waals surface area (Å²) in [7, 11) is 0. The van der Waals surface area contributed by atoms with Gasteiger partial charge in [0.1, 0.15) is 30.2 Å². The number of halogens is 1. The molecule has 5 N–H and O–H groups in total. The van der Waals surface area contributed by atoms with Crippen LogP contribution in [0.4, 0.5) is 0 Å². The number of hydrogen-bond donors (Lipinski definition) is 5. The number of rotatable bonds is 3. The fraction of sp³-hybridized carbons (Fsp3) is 0.429. The highest BCUT2D eigenvalue weighted by Crippen LogP contribution is 2.31. The highest BCUT2D eigenvalue weighted by molar-refractivity contribution is 9.10. The first kappa shape index (κ1) is 15.7. The van der Waals surface area contributed by atoms with Gasteiger partial charge in [0, 0.05) is 16.1 Å². The molecule has 0 spiro atoms. The zero-order valence-corrected chi connectivity index (χ0v) is 13.0. The van der Waals surface area contributed by atoms with Crippen LogP contribution in [0, 0.1) is 0 Å². The number of H-pyrrole nitrogens is 1. The van der Waals surface area contributed by atoms with E-state index in [1.807, 2.05) is 18.2 Å². The molecule has 0 aliphatic carbocycles. The van der Waals surface area contributed by atoms with Crippen molar-refractivity contribution in [1.82, 2.24) is 4.98 Å². The van der Waals surface area contributed by atoms with Crippen molar-refractivity contribution in [3.8, 4) is 5.75 Å². The standard InChI is InChI=1S/C14H16BrNO6/c15-6-1-2-7-8(3-6)16-4-9(7)21-14-13(20)12(19)11(18)10(5-17)22-14/h1-4,10-14,16-20H,5H2/t10?,11-,12?,13?,14+/m1/s1. The van der Waals surface area contributed by atoms with E-state index in [1.165, 1.54) is 0 Å². The molecule has 22 heavy (non-hydrogen) atoms. The molecule has 7 nitrogen and oxygen atoms in total. The van der Waals surface area contributed by atoms with Crippen molar-refractivity contribution in [2.75, 3.05) is 6.61 Å². The Balaban J connectivity index is 1.84. The summed E-state index contributed by atoms with van der Waals surface area (Å²) in [6.07, 6.45) is -4.88. The summed E-state index contributed by atoms with van der Waals surface area (Å²) in [6.45, 7) is -0.494. The van der Waals surface area contributed by atoms with Gasteiger partial charge in [-0.1, -0.05) is 15.9 Å². The maximum atomic E-state index is 9.98. The lowest BCUT2D eigenvalue weighted by Gasteiger charge is -2.39. The Bertz CT molecular complexity index is 660. The van der Waals surface area contributed by atoms with Crippen LogP contribution >= 0.6 is 15.9 Å². The summed E-state index contributed by atoms with van der Waals surface area (Å²) in [5.41, 5.74) is 0.828. The number of aromatic amines is 1. The summed E-state index contributed by atoms with van der Waals surface area (Å²) in [5, 5.41) is 39.4. The molecule has 1 saturated heterocycles. The summed E-state index contributed by atoms with van der Waals surface area (Å²) < 4.78 is 11.8. The van der Waals surface area contributed by atoms with Crippen molar-refractivity contribution < 1.29 is 29.9 Å². The Morgan fingerprint density at radius 1 is 1.18 bits per heavy atom. The lowest BCUT2D eigenvalue weighted by Crippen LogP contribution is -2.60. The third kappa shape index (κ3) is 2.73. The number of aliphatic hydroxyl groups is 4. The van der Waals surface area contributed by atoms with Crippen LogP contribution in [0.3, 0.4) is 0 Å². The first-order valence-corrected chi connectivity index (χ1v) is 7.54. The Hall–Kier alpha value is -1.16. The second kappa shape index (κ2) is 6.15. The number of nitrogens with one attached hydrogen (secondary N) is 1. The van der Waals surface area contributed by atoms with E-state index in [9.17, 15) is 15.3 Å². The third-order valence-electron chi connectivity index (χ3n) is 3.70. The van der Waals surface area contributed by atoms with E-state index in [0.29, 0.717) is 5.75 Å². The molecular formula is C14H16BrNO6. The van der Waals surface area contributed by atoms with Crippen LogP contribution in [-0.2, 0) is 4.74 Å². The van der Waals surface area contributed by atoms with Crippen LogP contribution < -0.4 is 4.74 Å². The topological polar surface area (TPSA) is 115 Å². The summed E-state index contributed by atoms with van der Waals surface area (Å²) in [4.78, 5) is 3.03. The van der Waals surface area contributed by atoms with Crippen molar-refractivity contribution in [2.45, 2.75) is 30.7 Å². The largest absolute Gasteiger partial charge is 0.460 e. The molecular weight excluding hydrogens is 358 g/mol. The highest BCUT2D eigenvalue weighted by atomic mass is 79.9. The number of fused-ring (bicyclic) bond motifs is 1. The minimum atomic E-state index is -1.46. The van der Waals surface area contributed by atoms with E-state index in [1.54, 1.807) is 6.20 Å². The zero-order chi connectivity index (χ0) is 15.9. The number of ether oxygens (including phenoxy) is 2. The predicted molar refractivity (Wildman–Crippen MR) is 80.4 cm³/mol. The first-order chi connectivity index (χ1) is 10.5. The summed E-state index contributed by atoms with van der Waals surface area (Å²) in [5.74, 6) is 0.437. The maximum Gasteiger partial charge on any atom is 0.229 e. The van der Waals surface area contributed by atoms with Gasteiger partial charge in [0.25, 0.3) is 0 Å². The second-order valence-corrected chi connectivity index (χ2v) is 6.07. The third-order valence-corrected chi connectivity index (χ3v) is 4.19. The van der Waals surface area contributed by atoms with Crippen molar-refractivity contribution in [2.24, 2.45) is 0 Å². The van der Waals surface area contributed by atoms with Gasteiger partial charge in [0.2, 0.25) is 6.29 Å². The van der Waals surface area contributed by atoms with Gasteiger partial charge >= 0.3 is 0 Å². The molecule has 0 amide bonds. The van der Waals surface area contributed by atoms with Crippen LogP contribution in [0.1, 0.15) is 0 Å². The average Bonchev–Trinajstić information content (AvgIpc) is 2.90. The molecule has 1 aliphatic heterocycles. The number of hydrogen-bond acceptors (Lipinski definition) is 6. The van der Waals surface area contributed by atoms with Gasteiger partial charge in [-0.15, -0.1) is 0 Å². The number of aromatic nitrogens is 1. The molecule has 0 radical (unpaired) electrons. The normalized spacial score (nSPS) is 32.3. The smallest absolute Gasteiger partial charge is 0.229 e. The van der Waals surface area contributed by atoms with Crippen molar-refractivity contribution in [3.05, 3.63) is 28.9 Å². The Labute approximate surface area is 134 Å². The monoisotopic (exact) mass is 373 g/mol. The summed E-state index contributed by atoms with van der Waals surface area (Å²) in [6, 6.07) is 5.54. The molecule has 1 aromatic carbocycles. The molecule has 2 aromatic rings. The van der Waals surface area contributed by atoms with E-state index >= 15 is 0 Å². The minimum Gasteiger partial charge on any atom is -0.460 e. The van der Waals surface area contributed by atoms with Crippen LogP contribution in [0.2, 0.25) is 0 Å². The molecule has 8 heteroatoms. The highest BCUT2D eigenvalue weighted by Gasteiger charge is 2.44. The molecule has 0 saturated carbocycles. The van der Waals surface area contributed by atoms with Gasteiger partial charge in [0.05, 0.1) is 12.1 Å². The second-order valence-electron chi connectivity index (χ2n) is 5.16. The fourth-order valence-corrected chi connectivity index (χ4v) is 2.82. The van der Waals surface area contributed by atoms with Crippen LogP contribution in [-0.4, -0.2) is 62.7 Å². The van der Waals surface area contributed by atoms with Crippen molar-refractivity contribution >= 4 is 26.8 Å². The van der Waals surface area contributed by atoms with Crippen LogP contribution in [0.25, 0.3) is 10.9 Å². The van der Waals surface area contributed by atoms with Gasteiger partial charge in [0.15, 0.2) is 0 Å². The van der Waals surface area contributed by atoms with Crippen LogP contribution in [0.15, 0.2) is 28.9 Å². The molecule has 1 aliphatic rings. The molecule has 5 atom stereocenters. The van der Waals surface area contributed by atoms with Crippen molar-refractivity contribution in [3.63, 3.8) is 0 Å². The van der Waals surface area contributed by atoms with Gasteiger partial charge in [-0.3, -0.25) is 0 Å². The van der Waals surface area contributed by atoms with E-state index in [-0.39, 0.29) is 0 Å². The van der Waals surface area contributed by atoms with Gasteiger partial charge < -0.3 is 34.9 Å². The number of aliphatic hydroxyl groups excluding tert-OH is 4. The fourth-order valence-electron chi connectivity index (χ4n) is 2.46. The molecule has 1 fully saturated rings. The van der Waals surface area contributed by atoms with Gasteiger partial charge in [-0.05, 0) is 18.2 Å². The lowest BCUT2D eigenvalue weighted by molar-refractivity contribution is -0.277. The molecule has 2 heterocycles. The first-order valence-electron chi connectivity index (χ1n) is 6.75. The van der Waals surface area contributed by atoms with E-state index in [2.05, 4.69) is 20.9 Å².